The minimum atomic E-state index is -3.52. The fourth-order valence-corrected chi connectivity index (χ4v) is 3.01. The van der Waals surface area contributed by atoms with Crippen LogP contribution < -0.4 is 0 Å². The van der Waals surface area contributed by atoms with E-state index in [9.17, 15) is 8.42 Å². The number of aromatic amines is 1. The van der Waals surface area contributed by atoms with E-state index >= 15 is 0 Å². The number of sulfonamides is 1. The van der Waals surface area contributed by atoms with Gasteiger partial charge in [0.1, 0.15) is 5.82 Å². The first-order valence-corrected chi connectivity index (χ1v) is 7.85. The maximum Gasteiger partial charge on any atom is 0.260 e. The number of nitrogens with zero attached hydrogens (tertiary/aromatic N) is 2. The lowest BCUT2D eigenvalue weighted by Crippen LogP contribution is -2.26. The summed E-state index contributed by atoms with van der Waals surface area (Å²) < 4.78 is 26.8. The van der Waals surface area contributed by atoms with E-state index in [1.807, 2.05) is 24.3 Å². The second kappa shape index (κ2) is 5.44. The van der Waals surface area contributed by atoms with Crippen LogP contribution in [0, 0.1) is 6.92 Å². The van der Waals surface area contributed by atoms with Crippen LogP contribution >= 0.6 is 15.9 Å². The molecule has 0 aliphatic rings. The average molecular weight is 344 g/mol. The van der Waals surface area contributed by atoms with Gasteiger partial charge in [-0.3, -0.25) is 0 Å². The van der Waals surface area contributed by atoms with Gasteiger partial charge in [-0.1, -0.05) is 28.1 Å². The van der Waals surface area contributed by atoms with Crippen molar-refractivity contribution in [2.24, 2.45) is 0 Å². The van der Waals surface area contributed by atoms with Gasteiger partial charge in [-0.15, -0.1) is 0 Å². The molecule has 0 spiro atoms. The molecule has 0 aliphatic heterocycles. The van der Waals surface area contributed by atoms with Crippen LogP contribution in [0.2, 0.25) is 0 Å². The molecule has 7 heteroatoms. The molecule has 0 saturated heterocycles. The van der Waals surface area contributed by atoms with Crippen molar-refractivity contribution >= 4 is 26.0 Å². The van der Waals surface area contributed by atoms with Crippen molar-refractivity contribution < 1.29 is 8.42 Å². The van der Waals surface area contributed by atoms with Gasteiger partial charge in [0.2, 0.25) is 0 Å². The highest BCUT2D eigenvalue weighted by Gasteiger charge is 2.22. The Hall–Kier alpha value is -1.18. The highest BCUT2D eigenvalue weighted by molar-refractivity contribution is 9.10. The normalized spacial score (nSPS) is 12.0. The number of rotatable bonds is 4. The molecule has 2 rings (SSSR count). The van der Waals surface area contributed by atoms with Gasteiger partial charge in [0.05, 0.1) is 6.20 Å². The molecule has 0 radical (unpaired) electrons. The topological polar surface area (TPSA) is 66.1 Å². The van der Waals surface area contributed by atoms with Crippen LogP contribution in [-0.2, 0) is 16.6 Å². The van der Waals surface area contributed by atoms with Crippen LogP contribution in [0.25, 0.3) is 0 Å². The van der Waals surface area contributed by atoms with Gasteiger partial charge < -0.3 is 4.98 Å². The van der Waals surface area contributed by atoms with Gasteiger partial charge >= 0.3 is 0 Å². The SMILES string of the molecule is Cc1ncc(S(=O)(=O)N(C)Cc2ccc(Br)cc2)[nH]1. The number of halogens is 1. The van der Waals surface area contributed by atoms with Crippen molar-refractivity contribution in [3.05, 3.63) is 46.3 Å². The molecule has 0 bridgehead atoms. The summed E-state index contributed by atoms with van der Waals surface area (Å²) in [5.74, 6) is 0.579. The molecule has 0 unspecified atom stereocenters. The lowest BCUT2D eigenvalue weighted by molar-refractivity contribution is 0.464. The van der Waals surface area contributed by atoms with Gasteiger partial charge in [-0.2, -0.15) is 4.31 Å². The first kappa shape index (κ1) is 14.2. The summed E-state index contributed by atoms with van der Waals surface area (Å²) in [6.07, 6.45) is 1.34. The zero-order valence-corrected chi connectivity index (χ0v) is 13.0. The van der Waals surface area contributed by atoms with Crippen LogP contribution in [0.15, 0.2) is 40.0 Å². The quantitative estimate of drug-likeness (QED) is 0.926. The number of benzene rings is 1. The van der Waals surface area contributed by atoms with E-state index in [1.165, 1.54) is 10.5 Å². The Morgan fingerprint density at radius 1 is 1.32 bits per heavy atom. The zero-order valence-electron chi connectivity index (χ0n) is 10.6. The Kier molecular flexibility index (Phi) is 4.07. The number of aromatic nitrogens is 2. The third-order valence-corrected chi connectivity index (χ3v) is 4.93. The van der Waals surface area contributed by atoms with E-state index in [0.29, 0.717) is 12.4 Å². The highest BCUT2D eigenvalue weighted by atomic mass is 79.9. The van der Waals surface area contributed by atoms with Crippen LogP contribution in [-0.4, -0.2) is 29.7 Å². The maximum absolute atomic E-state index is 12.3. The standard InChI is InChI=1S/C12H14BrN3O2S/c1-9-14-7-12(15-9)19(17,18)16(2)8-10-3-5-11(13)6-4-10/h3-7H,8H2,1-2H3,(H,14,15). The number of aryl methyl sites for hydroxylation is 1. The zero-order chi connectivity index (χ0) is 14.0. The molecule has 2 aromatic rings. The minimum Gasteiger partial charge on any atom is -0.332 e. The predicted molar refractivity (Wildman–Crippen MR) is 76.1 cm³/mol. The van der Waals surface area contributed by atoms with Crippen molar-refractivity contribution in [1.29, 1.82) is 0 Å². The number of hydrogen-bond donors (Lipinski definition) is 1. The molecule has 1 N–H and O–H groups in total. The van der Waals surface area contributed by atoms with E-state index in [4.69, 9.17) is 0 Å². The third kappa shape index (κ3) is 3.23. The van der Waals surface area contributed by atoms with Crippen molar-refractivity contribution in [3.63, 3.8) is 0 Å². The summed E-state index contributed by atoms with van der Waals surface area (Å²) in [5, 5.41) is 0.115. The fourth-order valence-electron chi connectivity index (χ4n) is 1.63. The summed E-state index contributed by atoms with van der Waals surface area (Å²) in [4.78, 5) is 6.66. The lowest BCUT2D eigenvalue weighted by Gasteiger charge is -2.15. The first-order chi connectivity index (χ1) is 8.89. The summed E-state index contributed by atoms with van der Waals surface area (Å²) >= 11 is 3.35. The van der Waals surface area contributed by atoms with Crippen molar-refractivity contribution in [3.8, 4) is 0 Å². The minimum absolute atomic E-state index is 0.115. The summed E-state index contributed by atoms with van der Waals surface area (Å²) in [7, 11) is -1.97. The van der Waals surface area contributed by atoms with E-state index in [1.54, 1.807) is 14.0 Å². The van der Waals surface area contributed by atoms with Crippen LogP contribution in [0.4, 0.5) is 0 Å². The molecule has 19 heavy (non-hydrogen) atoms. The average Bonchev–Trinajstić information content (AvgIpc) is 2.79. The summed E-state index contributed by atoms with van der Waals surface area (Å²) in [6, 6.07) is 7.54. The second-order valence-electron chi connectivity index (χ2n) is 4.22. The van der Waals surface area contributed by atoms with Gasteiger partial charge in [-0.05, 0) is 24.6 Å². The molecular weight excluding hydrogens is 330 g/mol. The second-order valence-corrected chi connectivity index (χ2v) is 7.15. The Morgan fingerprint density at radius 3 is 2.47 bits per heavy atom. The van der Waals surface area contributed by atoms with Gasteiger partial charge in [-0.25, -0.2) is 13.4 Å². The summed E-state index contributed by atoms with van der Waals surface area (Å²) in [5.41, 5.74) is 0.922. The van der Waals surface area contributed by atoms with Crippen LogP contribution in [0.3, 0.4) is 0 Å². The number of H-pyrrole nitrogens is 1. The monoisotopic (exact) mass is 343 g/mol. The van der Waals surface area contributed by atoms with Crippen LogP contribution in [0.5, 0.6) is 0 Å². The molecule has 102 valence electrons. The molecular formula is C12H14BrN3O2S. The lowest BCUT2D eigenvalue weighted by atomic mass is 10.2. The number of imidazole rings is 1. The van der Waals surface area contributed by atoms with Gasteiger partial charge in [0, 0.05) is 18.1 Å². The third-order valence-electron chi connectivity index (χ3n) is 2.69. The Morgan fingerprint density at radius 2 is 1.95 bits per heavy atom. The Bertz CT molecular complexity index is 665. The molecule has 0 atom stereocenters. The van der Waals surface area contributed by atoms with E-state index in [2.05, 4.69) is 25.9 Å². The predicted octanol–water partition coefficient (Wildman–Crippen LogP) is 2.30. The molecule has 0 saturated carbocycles. The van der Waals surface area contributed by atoms with Gasteiger partial charge in [0.15, 0.2) is 5.03 Å². The fraction of sp³-hybridized carbons (Fsp3) is 0.250. The first-order valence-electron chi connectivity index (χ1n) is 5.62. The van der Waals surface area contributed by atoms with Crippen molar-refractivity contribution in [2.75, 3.05) is 7.05 Å². The molecule has 0 fully saturated rings. The van der Waals surface area contributed by atoms with Crippen molar-refractivity contribution in [2.45, 2.75) is 18.5 Å². The Balaban J connectivity index is 2.19. The number of hydrogen-bond acceptors (Lipinski definition) is 3. The van der Waals surface area contributed by atoms with Crippen molar-refractivity contribution in [1.82, 2.24) is 14.3 Å². The molecule has 5 nitrogen and oxygen atoms in total. The van der Waals surface area contributed by atoms with Gasteiger partial charge in [0.25, 0.3) is 10.0 Å². The van der Waals surface area contributed by atoms with Crippen LogP contribution in [0.1, 0.15) is 11.4 Å². The molecule has 1 aromatic heterocycles. The molecule has 1 heterocycles. The Labute approximate surface area is 120 Å². The molecule has 0 amide bonds. The van der Waals surface area contributed by atoms with E-state index < -0.39 is 10.0 Å². The highest BCUT2D eigenvalue weighted by Crippen LogP contribution is 2.16. The molecule has 0 aliphatic carbocycles. The number of nitrogens with one attached hydrogen (secondary N) is 1. The smallest absolute Gasteiger partial charge is 0.260 e. The van der Waals surface area contributed by atoms with E-state index in [-0.39, 0.29) is 5.03 Å². The van der Waals surface area contributed by atoms with E-state index in [0.717, 1.165) is 10.0 Å². The maximum atomic E-state index is 12.3. The molecule has 1 aromatic carbocycles. The summed E-state index contributed by atoms with van der Waals surface area (Å²) in [6.45, 7) is 2.03. The largest absolute Gasteiger partial charge is 0.332 e.